The van der Waals surface area contributed by atoms with Crippen LogP contribution in [0.1, 0.15) is 0 Å². The standard InChI is InChI=1S/C43H29N/c1-2-14-32(15-3-1)42-28-37(33-18-8-19-34(26-33)40-24-10-16-30-12-4-6-22-38(30)40)29-43(44-42)36-21-9-20-35(27-36)41-25-11-17-31-13-5-7-23-39(31)41/h1-29H. The summed E-state index contributed by atoms with van der Waals surface area (Å²) in [5.74, 6) is 0. The maximum atomic E-state index is 5.22. The minimum Gasteiger partial charge on any atom is -0.248 e. The molecule has 0 bridgehead atoms. The second kappa shape index (κ2) is 11.1. The first-order chi connectivity index (χ1) is 21.8. The Morgan fingerprint density at radius 1 is 0.273 bits per heavy atom. The van der Waals surface area contributed by atoms with Gasteiger partial charge in [-0.2, -0.15) is 0 Å². The van der Waals surface area contributed by atoms with Gasteiger partial charge in [-0.3, -0.25) is 0 Å². The van der Waals surface area contributed by atoms with Gasteiger partial charge in [0.15, 0.2) is 0 Å². The summed E-state index contributed by atoms with van der Waals surface area (Å²) in [5.41, 5.74) is 11.3. The van der Waals surface area contributed by atoms with Gasteiger partial charge < -0.3 is 0 Å². The topological polar surface area (TPSA) is 12.9 Å². The van der Waals surface area contributed by atoms with Crippen LogP contribution in [0.2, 0.25) is 0 Å². The summed E-state index contributed by atoms with van der Waals surface area (Å²) in [4.78, 5) is 5.22. The van der Waals surface area contributed by atoms with Crippen LogP contribution in [-0.4, -0.2) is 4.98 Å². The molecule has 0 unspecified atom stereocenters. The summed E-state index contributed by atoms with van der Waals surface area (Å²) < 4.78 is 0. The van der Waals surface area contributed by atoms with Gasteiger partial charge in [0, 0.05) is 11.1 Å². The highest BCUT2D eigenvalue weighted by Gasteiger charge is 2.12. The Labute approximate surface area is 257 Å². The molecule has 8 rings (SSSR count). The van der Waals surface area contributed by atoms with Crippen LogP contribution in [0.3, 0.4) is 0 Å². The van der Waals surface area contributed by atoms with E-state index in [4.69, 9.17) is 4.98 Å². The number of aromatic nitrogens is 1. The van der Waals surface area contributed by atoms with Gasteiger partial charge in [0.2, 0.25) is 0 Å². The van der Waals surface area contributed by atoms with Crippen LogP contribution in [0, 0.1) is 0 Å². The van der Waals surface area contributed by atoms with Gasteiger partial charge in [-0.15, -0.1) is 0 Å². The lowest BCUT2D eigenvalue weighted by atomic mass is 9.93. The second-order valence-corrected chi connectivity index (χ2v) is 11.2. The summed E-state index contributed by atoms with van der Waals surface area (Å²) in [6.07, 6.45) is 0. The molecule has 0 radical (unpaired) electrons. The van der Waals surface area contributed by atoms with Crippen molar-refractivity contribution in [2.45, 2.75) is 0 Å². The van der Waals surface area contributed by atoms with E-state index < -0.39 is 0 Å². The van der Waals surface area contributed by atoms with Gasteiger partial charge in [-0.05, 0) is 79.2 Å². The highest BCUT2D eigenvalue weighted by atomic mass is 14.7. The normalized spacial score (nSPS) is 11.2. The van der Waals surface area contributed by atoms with Crippen molar-refractivity contribution in [1.29, 1.82) is 0 Å². The maximum Gasteiger partial charge on any atom is 0.0715 e. The van der Waals surface area contributed by atoms with Crippen molar-refractivity contribution in [1.82, 2.24) is 4.98 Å². The first kappa shape index (κ1) is 25.9. The highest BCUT2D eigenvalue weighted by Crippen LogP contribution is 2.36. The minimum absolute atomic E-state index is 0.957. The third-order valence-corrected chi connectivity index (χ3v) is 8.45. The van der Waals surface area contributed by atoms with E-state index in [0.717, 1.165) is 28.1 Å². The van der Waals surface area contributed by atoms with Gasteiger partial charge in [0.25, 0.3) is 0 Å². The fraction of sp³-hybridized carbons (Fsp3) is 0. The molecule has 0 saturated carbocycles. The molecule has 206 valence electrons. The van der Waals surface area contributed by atoms with E-state index in [-0.39, 0.29) is 0 Å². The first-order valence-electron chi connectivity index (χ1n) is 15.0. The summed E-state index contributed by atoms with van der Waals surface area (Å²) in [7, 11) is 0. The Morgan fingerprint density at radius 3 is 1.34 bits per heavy atom. The SMILES string of the molecule is c1ccc(-c2cc(-c3cccc(-c4cccc5ccccc45)c3)cc(-c3cccc(-c4cccc5ccccc45)c3)n2)cc1. The molecule has 7 aromatic carbocycles. The fourth-order valence-electron chi connectivity index (χ4n) is 6.27. The molecule has 1 heterocycles. The monoisotopic (exact) mass is 559 g/mol. The highest BCUT2D eigenvalue weighted by molar-refractivity contribution is 5.98. The van der Waals surface area contributed by atoms with E-state index in [1.165, 1.54) is 49.4 Å². The molecule has 1 heteroatoms. The number of hydrogen-bond acceptors (Lipinski definition) is 1. The van der Waals surface area contributed by atoms with Crippen molar-refractivity contribution in [2.75, 3.05) is 0 Å². The Morgan fingerprint density at radius 2 is 0.705 bits per heavy atom. The van der Waals surface area contributed by atoms with Crippen molar-refractivity contribution in [3.8, 4) is 55.9 Å². The Balaban J connectivity index is 1.28. The third-order valence-electron chi connectivity index (χ3n) is 8.45. The predicted molar refractivity (Wildman–Crippen MR) is 186 cm³/mol. The van der Waals surface area contributed by atoms with Crippen molar-refractivity contribution in [2.24, 2.45) is 0 Å². The number of pyridine rings is 1. The van der Waals surface area contributed by atoms with E-state index in [9.17, 15) is 0 Å². The maximum absolute atomic E-state index is 5.22. The van der Waals surface area contributed by atoms with Gasteiger partial charge in [-0.25, -0.2) is 4.98 Å². The molecule has 0 aliphatic heterocycles. The molecular formula is C43H29N. The summed E-state index contributed by atoms with van der Waals surface area (Å²) in [5, 5.41) is 5.01. The zero-order valence-electron chi connectivity index (χ0n) is 24.2. The molecule has 0 aliphatic rings. The van der Waals surface area contributed by atoms with Crippen LogP contribution < -0.4 is 0 Å². The molecule has 0 N–H and O–H groups in total. The lowest BCUT2D eigenvalue weighted by Crippen LogP contribution is -1.92. The zero-order chi connectivity index (χ0) is 29.3. The average molecular weight is 560 g/mol. The first-order valence-corrected chi connectivity index (χ1v) is 15.0. The molecule has 0 aliphatic carbocycles. The molecule has 0 spiro atoms. The van der Waals surface area contributed by atoms with Crippen LogP contribution >= 0.6 is 0 Å². The van der Waals surface area contributed by atoms with Gasteiger partial charge in [-0.1, -0.05) is 152 Å². The van der Waals surface area contributed by atoms with E-state index >= 15 is 0 Å². The summed E-state index contributed by atoms with van der Waals surface area (Å²) in [6, 6.07) is 62.8. The molecule has 0 amide bonds. The average Bonchev–Trinajstić information content (AvgIpc) is 3.11. The van der Waals surface area contributed by atoms with E-state index in [1.807, 2.05) is 0 Å². The number of nitrogens with zero attached hydrogens (tertiary/aromatic N) is 1. The Hall–Kier alpha value is -5.79. The van der Waals surface area contributed by atoms with Crippen LogP contribution in [-0.2, 0) is 0 Å². The zero-order valence-corrected chi connectivity index (χ0v) is 24.2. The quantitative estimate of drug-likeness (QED) is 0.204. The number of hydrogen-bond donors (Lipinski definition) is 0. The Kier molecular flexibility index (Phi) is 6.55. The number of fused-ring (bicyclic) bond motifs is 2. The lowest BCUT2D eigenvalue weighted by molar-refractivity contribution is 1.32. The lowest BCUT2D eigenvalue weighted by Gasteiger charge is -2.13. The summed E-state index contributed by atoms with van der Waals surface area (Å²) >= 11 is 0. The summed E-state index contributed by atoms with van der Waals surface area (Å²) in [6.45, 7) is 0. The second-order valence-electron chi connectivity index (χ2n) is 11.2. The van der Waals surface area contributed by atoms with Crippen molar-refractivity contribution < 1.29 is 0 Å². The third kappa shape index (κ3) is 4.85. The van der Waals surface area contributed by atoms with Gasteiger partial charge in [0.1, 0.15) is 0 Å². The fourth-order valence-corrected chi connectivity index (χ4v) is 6.27. The van der Waals surface area contributed by atoms with Crippen LogP contribution in [0.15, 0.2) is 176 Å². The van der Waals surface area contributed by atoms with Crippen LogP contribution in [0.4, 0.5) is 0 Å². The number of benzene rings is 7. The van der Waals surface area contributed by atoms with Crippen molar-refractivity contribution in [3.05, 3.63) is 176 Å². The Bertz CT molecular complexity index is 2130. The molecule has 8 aromatic rings. The molecule has 1 nitrogen and oxygen atoms in total. The van der Waals surface area contributed by atoms with Crippen LogP contribution in [0.5, 0.6) is 0 Å². The van der Waals surface area contributed by atoms with E-state index in [2.05, 4.69) is 176 Å². The van der Waals surface area contributed by atoms with Gasteiger partial charge >= 0.3 is 0 Å². The van der Waals surface area contributed by atoms with Crippen molar-refractivity contribution in [3.63, 3.8) is 0 Å². The van der Waals surface area contributed by atoms with Crippen LogP contribution in [0.25, 0.3) is 77.4 Å². The molecule has 0 saturated heterocycles. The minimum atomic E-state index is 0.957. The molecule has 44 heavy (non-hydrogen) atoms. The molecule has 0 fully saturated rings. The molecular weight excluding hydrogens is 530 g/mol. The van der Waals surface area contributed by atoms with Gasteiger partial charge in [0.05, 0.1) is 11.4 Å². The molecule has 1 aromatic heterocycles. The van der Waals surface area contributed by atoms with E-state index in [1.54, 1.807) is 0 Å². The predicted octanol–water partition coefficient (Wildman–Crippen LogP) is 11.7. The molecule has 0 atom stereocenters. The van der Waals surface area contributed by atoms with E-state index in [0.29, 0.717) is 0 Å². The van der Waals surface area contributed by atoms with Crippen molar-refractivity contribution >= 4 is 21.5 Å². The smallest absolute Gasteiger partial charge is 0.0715 e. The largest absolute Gasteiger partial charge is 0.248 e. The number of rotatable bonds is 5.